The number of hydrogen-bond donors (Lipinski definition) is 1. The largest absolute Gasteiger partial charge is 0.454 e. The van der Waals surface area contributed by atoms with Gasteiger partial charge in [-0.3, -0.25) is 19.3 Å². The van der Waals surface area contributed by atoms with Gasteiger partial charge in [-0.05, 0) is 55.8 Å². The molecule has 0 radical (unpaired) electrons. The van der Waals surface area contributed by atoms with Gasteiger partial charge in [0.15, 0.2) is 11.5 Å². The number of nitrogens with zero attached hydrogens (tertiary/aromatic N) is 2. The molecule has 3 aliphatic rings. The fourth-order valence-electron chi connectivity index (χ4n) is 5.78. The molecule has 0 aliphatic carbocycles. The van der Waals surface area contributed by atoms with Gasteiger partial charge in [-0.15, -0.1) is 0 Å². The number of nitrogens with one attached hydrogen (secondary N) is 1. The first-order valence-electron chi connectivity index (χ1n) is 13.9. The molecular weight excluding hydrogens is 522 g/mol. The zero-order valence-corrected chi connectivity index (χ0v) is 23.2. The van der Waals surface area contributed by atoms with Crippen LogP contribution >= 0.6 is 0 Å². The van der Waals surface area contributed by atoms with Gasteiger partial charge in [0.05, 0.1) is 6.61 Å². The van der Waals surface area contributed by atoms with E-state index in [1.165, 1.54) is 0 Å². The fraction of sp³-hybridized carbons (Fsp3) is 0.344. The zero-order valence-electron chi connectivity index (χ0n) is 23.2. The monoisotopic (exact) mass is 555 g/mol. The molecule has 3 aliphatic heterocycles. The second-order valence-electron chi connectivity index (χ2n) is 10.9. The molecule has 0 saturated carbocycles. The van der Waals surface area contributed by atoms with Crippen LogP contribution in [0.4, 0.5) is 0 Å². The lowest BCUT2D eigenvalue weighted by Crippen LogP contribution is -2.59. The average molecular weight is 556 g/mol. The number of hydrogen-bond acceptors (Lipinski definition) is 6. The van der Waals surface area contributed by atoms with E-state index in [4.69, 9.17) is 14.2 Å². The molecule has 3 aromatic carbocycles. The van der Waals surface area contributed by atoms with Gasteiger partial charge < -0.3 is 24.4 Å². The minimum Gasteiger partial charge on any atom is -0.454 e. The van der Waals surface area contributed by atoms with Crippen molar-refractivity contribution in [2.24, 2.45) is 0 Å². The van der Waals surface area contributed by atoms with Gasteiger partial charge in [0, 0.05) is 43.6 Å². The van der Waals surface area contributed by atoms with Crippen molar-refractivity contribution in [3.63, 3.8) is 0 Å². The third kappa shape index (κ3) is 5.25. The molecule has 1 spiro atoms. The molecule has 3 heterocycles. The third-order valence-corrected chi connectivity index (χ3v) is 8.08. The summed E-state index contributed by atoms with van der Waals surface area (Å²) in [6.45, 7) is 5.27. The van der Waals surface area contributed by atoms with E-state index in [1.54, 1.807) is 21.9 Å². The number of rotatable bonds is 5. The molecule has 3 amide bonds. The molecule has 3 aromatic rings. The first-order chi connectivity index (χ1) is 19.8. The van der Waals surface area contributed by atoms with Crippen LogP contribution in [0.1, 0.15) is 50.2 Å². The van der Waals surface area contributed by atoms with Crippen LogP contribution in [0.3, 0.4) is 0 Å². The lowest BCUT2D eigenvalue weighted by Gasteiger charge is -2.44. The Morgan fingerprint density at radius 1 is 0.854 bits per heavy atom. The lowest BCUT2D eigenvalue weighted by atomic mass is 9.95. The quantitative estimate of drug-likeness (QED) is 0.514. The summed E-state index contributed by atoms with van der Waals surface area (Å²) in [5.41, 5.74) is 3.07. The van der Waals surface area contributed by atoms with Gasteiger partial charge in [-0.2, -0.15) is 0 Å². The van der Waals surface area contributed by atoms with Crippen molar-refractivity contribution in [3.8, 4) is 11.5 Å². The lowest BCUT2D eigenvalue weighted by molar-refractivity contribution is -0.128. The summed E-state index contributed by atoms with van der Waals surface area (Å²) in [6.07, 6.45) is 0.822. The molecule has 2 saturated heterocycles. The highest BCUT2D eigenvalue weighted by atomic mass is 16.7. The van der Waals surface area contributed by atoms with Crippen molar-refractivity contribution in [1.29, 1.82) is 0 Å². The van der Waals surface area contributed by atoms with E-state index < -0.39 is 11.8 Å². The van der Waals surface area contributed by atoms with Gasteiger partial charge in [0.2, 0.25) is 12.7 Å². The fourth-order valence-corrected chi connectivity index (χ4v) is 5.78. The van der Waals surface area contributed by atoms with Crippen molar-refractivity contribution in [2.45, 2.75) is 45.0 Å². The normalized spacial score (nSPS) is 18.9. The summed E-state index contributed by atoms with van der Waals surface area (Å²) < 4.78 is 17.2. The van der Waals surface area contributed by atoms with E-state index >= 15 is 0 Å². The van der Waals surface area contributed by atoms with Crippen LogP contribution in [-0.4, -0.2) is 65.8 Å². The van der Waals surface area contributed by atoms with Crippen LogP contribution in [0.15, 0.2) is 66.7 Å². The van der Waals surface area contributed by atoms with Crippen molar-refractivity contribution in [3.05, 3.63) is 94.5 Å². The van der Waals surface area contributed by atoms with Gasteiger partial charge in [-0.25, -0.2) is 0 Å². The Kier molecular flexibility index (Phi) is 7.13. The average Bonchev–Trinajstić information content (AvgIpc) is 3.60. The van der Waals surface area contributed by atoms with E-state index in [0.29, 0.717) is 48.6 Å². The molecule has 1 N–H and O–H groups in total. The number of carbonyl (C=O) groups excluding carboxylic acids is 3. The Bertz CT molecular complexity index is 1480. The molecule has 1 atom stereocenters. The van der Waals surface area contributed by atoms with E-state index in [1.807, 2.05) is 68.4 Å². The Morgan fingerprint density at radius 2 is 1.61 bits per heavy atom. The van der Waals surface area contributed by atoms with Gasteiger partial charge in [0.25, 0.3) is 11.8 Å². The summed E-state index contributed by atoms with van der Waals surface area (Å²) >= 11 is 0. The van der Waals surface area contributed by atoms with Gasteiger partial charge >= 0.3 is 0 Å². The maximum absolute atomic E-state index is 14.0. The molecule has 41 heavy (non-hydrogen) atoms. The molecule has 1 unspecified atom stereocenters. The molecule has 9 heteroatoms. The third-order valence-electron chi connectivity index (χ3n) is 8.08. The highest BCUT2D eigenvalue weighted by Gasteiger charge is 2.54. The standard InChI is InChI=1S/C32H33N3O6/c1-21-6-9-24(10-7-21)31(38)35-26(29(36)33-18-23-8-11-27-28(17-23)40-20-39-27)19-41-32(35)12-14-34(15-13-32)30(37)25-5-3-4-22(2)16-25/h3-11,16-17,26H,12-15,18-20H2,1-2H3,(H,33,36). The highest BCUT2D eigenvalue weighted by molar-refractivity contribution is 5.98. The maximum atomic E-state index is 14.0. The van der Waals surface area contributed by atoms with Crippen molar-refractivity contribution >= 4 is 17.7 Å². The van der Waals surface area contributed by atoms with E-state index in [2.05, 4.69) is 5.32 Å². The van der Waals surface area contributed by atoms with Crippen LogP contribution in [0.25, 0.3) is 0 Å². The number of likely N-dealkylation sites (tertiary alicyclic amines) is 1. The van der Waals surface area contributed by atoms with Crippen molar-refractivity contribution in [2.75, 3.05) is 26.5 Å². The van der Waals surface area contributed by atoms with Crippen molar-refractivity contribution in [1.82, 2.24) is 15.1 Å². The second-order valence-corrected chi connectivity index (χ2v) is 10.9. The van der Waals surface area contributed by atoms with Crippen LogP contribution in [0, 0.1) is 13.8 Å². The van der Waals surface area contributed by atoms with Crippen molar-refractivity contribution < 1.29 is 28.6 Å². The number of fused-ring (bicyclic) bond motifs is 1. The Labute approximate surface area is 239 Å². The summed E-state index contributed by atoms with van der Waals surface area (Å²) in [4.78, 5) is 44.2. The number of piperidine rings is 1. The summed E-state index contributed by atoms with van der Waals surface area (Å²) in [5, 5.41) is 2.98. The summed E-state index contributed by atoms with van der Waals surface area (Å²) in [6, 6.07) is 19.6. The molecular formula is C32H33N3O6. The van der Waals surface area contributed by atoms with Gasteiger partial charge in [0.1, 0.15) is 11.8 Å². The van der Waals surface area contributed by atoms with Crippen LogP contribution in [0.2, 0.25) is 0 Å². The minimum absolute atomic E-state index is 0.0454. The first kappa shape index (κ1) is 26.8. The predicted molar refractivity (Wildman–Crippen MR) is 151 cm³/mol. The smallest absolute Gasteiger partial charge is 0.256 e. The molecule has 212 valence electrons. The SMILES string of the molecule is Cc1ccc(C(=O)N2C(C(=O)NCc3ccc4c(c3)OCO4)COC23CCN(C(=O)c2cccc(C)c2)CC3)cc1. The topological polar surface area (TPSA) is 97.4 Å². The first-order valence-corrected chi connectivity index (χ1v) is 13.9. The number of aryl methyl sites for hydroxylation is 2. The van der Waals surface area contributed by atoms with Crippen LogP contribution in [0.5, 0.6) is 11.5 Å². The summed E-state index contributed by atoms with van der Waals surface area (Å²) in [5.74, 6) is 0.717. The molecule has 9 nitrogen and oxygen atoms in total. The predicted octanol–water partition coefficient (Wildman–Crippen LogP) is 3.82. The number of carbonyl (C=O) groups is 3. The summed E-state index contributed by atoms with van der Waals surface area (Å²) in [7, 11) is 0. The van der Waals surface area contributed by atoms with E-state index in [-0.39, 0.29) is 37.7 Å². The maximum Gasteiger partial charge on any atom is 0.256 e. The Balaban J connectivity index is 1.21. The minimum atomic E-state index is -0.980. The molecule has 0 bridgehead atoms. The molecule has 6 rings (SSSR count). The Hall–Kier alpha value is -4.37. The molecule has 0 aromatic heterocycles. The van der Waals surface area contributed by atoms with Gasteiger partial charge in [-0.1, -0.05) is 41.5 Å². The van der Waals surface area contributed by atoms with Crippen LogP contribution in [-0.2, 0) is 16.1 Å². The second kappa shape index (κ2) is 10.9. The molecule has 2 fully saturated rings. The zero-order chi connectivity index (χ0) is 28.6. The number of benzene rings is 3. The van der Waals surface area contributed by atoms with E-state index in [9.17, 15) is 14.4 Å². The highest BCUT2D eigenvalue weighted by Crippen LogP contribution is 2.39. The number of amides is 3. The van der Waals surface area contributed by atoms with E-state index in [0.717, 1.165) is 16.7 Å². The number of ether oxygens (including phenoxy) is 3. The Morgan fingerprint density at radius 3 is 2.37 bits per heavy atom. The van der Waals surface area contributed by atoms with Crippen LogP contribution < -0.4 is 14.8 Å².